The summed E-state index contributed by atoms with van der Waals surface area (Å²) in [5.41, 5.74) is 9.45. The van der Waals surface area contributed by atoms with Crippen molar-refractivity contribution < 1.29 is 13.9 Å². The Morgan fingerprint density at radius 3 is 2.58 bits per heavy atom. The number of hydrogen-bond acceptors (Lipinski definition) is 5. The van der Waals surface area contributed by atoms with Gasteiger partial charge in [0.05, 0.1) is 6.20 Å². The quantitative estimate of drug-likeness (QED) is 0.444. The third-order valence-corrected chi connectivity index (χ3v) is 6.30. The van der Waals surface area contributed by atoms with Gasteiger partial charge in [0.25, 0.3) is 6.02 Å². The lowest BCUT2D eigenvalue weighted by Crippen LogP contribution is -2.31. The molecule has 4 aromatic rings. The van der Waals surface area contributed by atoms with Crippen LogP contribution in [0.5, 0.6) is 11.5 Å². The Balaban J connectivity index is 1.57. The van der Waals surface area contributed by atoms with E-state index in [4.69, 9.17) is 31.8 Å². The second kappa shape index (κ2) is 7.08. The first-order valence-electron chi connectivity index (χ1n) is 10.3. The highest BCUT2D eigenvalue weighted by molar-refractivity contribution is 6.30. The van der Waals surface area contributed by atoms with Gasteiger partial charge in [-0.2, -0.15) is 5.10 Å². The van der Waals surface area contributed by atoms with E-state index in [0.717, 1.165) is 16.7 Å². The molecular weight excluding hydrogens is 443 g/mol. The predicted molar refractivity (Wildman–Crippen MR) is 124 cm³/mol. The number of halogens is 2. The molecule has 164 valence electrons. The maximum Gasteiger partial charge on any atom is 0.283 e. The summed E-state index contributed by atoms with van der Waals surface area (Å²) in [4.78, 5) is 4.71. The van der Waals surface area contributed by atoms with Crippen molar-refractivity contribution in [3.63, 3.8) is 0 Å². The molecule has 8 heteroatoms. The van der Waals surface area contributed by atoms with Gasteiger partial charge in [0.1, 0.15) is 23.9 Å². The highest BCUT2D eigenvalue weighted by Gasteiger charge is 2.47. The maximum absolute atomic E-state index is 15.1. The fourth-order valence-corrected chi connectivity index (χ4v) is 4.69. The number of aryl methyl sites for hydroxylation is 1. The number of fused-ring (bicyclic) bond motifs is 4. The van der Waals surface area contributed by atoms with Gasteiger partial charge in [-0.25, -0.2) is 9.38 Å². The molecule has 3 heterocycles. The van der Waals surface area contributed by atoms with Crippen LogP contribution in [0.15, 0.2) is 72.0 Å². The molecule has 3 aromatic carbocycles. The summed E-state index contributed by atoms with van der Waals surface area (Å²) < 4.78 is 28.5. The number of rotatable bonds is 2. The second-order valence-corrected chi connectivity index (χ2v) is 8.59. The molecule has 0 saturated heterocycles. The van der Waals surface area contributed by atoms with Crippen LogP contribution >= 0.6 is 11.6 Å². The third kappa shape index (κ3) is 3.08. The number of nitrogens with zero attached hydrogens (tertiary/aromatic N) is 3. The van der Waals surface area contributed by atoms with Crippen LogP contribution in [0.25, 0.3) is 22.3 Å². The van der Waals surface area contributed by atoms with Crippen LogP contribution in [0.4, 0.5) is 4.39 Å². The SMILES string of the molecule is Cn1cc(-c2cc3c(cc2F)Oc2ccc(-c4cccc(Cl)c4)cc2[C@@]32COC(N)=N2)cn1. The average Bonchev–Trinajstić information content (AvgIpc) is 3.40. The van der Waals surface area contributed by atoms with Crippen LogP contribution in [-0.2, 0) is 17.3 Å². The molecule has 1 aromatic heterocycles. The summed E-state index contributed by atoms with van der Waals surface area (Å²) >= 11 is 6.21. The molecule has 2 N–H and O–H groups in total. The van der Waals surface area contributed by atoms with Crippen molar-refractivity contribution in [2.75, 3.05) is 6.61 Å². The van der Waals surface area contributed by atoms with E-state index in [0.29, 0.717) is 33.2 Å². The standard InChI is InChI=1S/C25H18ClFN4O2/c1-31-12-16(11-29-31)18-9-20-23(10-21(18)27)33-22-6-5-15(14-3-2-4-17(26)7-14)8-19(22)25(20)13-32-24(28)30-25/h2-12H,13H2,1H3,(H2,28,30)/t25-/m0/s1. The van der Waals surface area contributed by atoms with E-state index in [2.05, 4.69) is 5.10 Å². The second-order valence-electron chi connectivity index (χ2n) is 8.15. The van der Waals surface area contributed by atoms with E-state index in [1.807, 2.05) is 42.5 Å². The number of hydrogen-bond donors (Lipinski definition) is 1. The summed E-state index contributed by atoms with van der Waals surface area (Å²) in [6, 6.07) is 16.6. The molecule has 0 amide bonds. The normalized spacial score (nSPS) is 18.3. The number of ether oxygens (including phenoxy) is 2. The molecule has 1 atom stereocenters. The summed E-state index contributed by atoms with van der Waals surface area (Å²) in [7, 11) is 1.79. The monoisotopic (exact) mass is 460 g/mol. The Kier molecular flexibility index (Phi) is 4.25. The first kappa shape index (κ1) is 19.8. The Morgan fingerprint density at radius 2 is 1.85 bits per heavy atom. The highest BCUT2D eigenvalue weighted by Crippen LogP contribution is 2.52. The van der Waals surface area contributed by atoms with E-state index < -0.39 is 11.4 Å². The largest absolute Gasteiger partial charge is 0.462 e. The molecule has 6 rings (SSSR count). The zero-order valence-electron chi connectivity index (χ0n) is 17.5. The molecule has 6 nitrogen and oxygen atoms in total. The minimum Gasteiger partial charge on any atom is -0.462 e. The van der Waals surface area contributed by atoms with Gasteiger partial charge in [-0.1, -0.05) is 29.8 Å². The first-order valence-corrected chi connectivity index (χ1v) is 10.7. The fraction of sp³-hybridized carbons (Fsp3) is 0.120. The Labute approximate surface area is 194 Å². The average molecular weight is 461 g/mol. The maximum atomic E-state index is 15.1. The predicted octanol–water partition coefficient (Wildman–Crippen LogP) is 5.24. The Bertz CT molecular complexity index is 1460. The highest BCUT2D eigenvalue weighted by atomic mass is 35.5. The topological polar surface area (TPSA) is 74.7 Å². The molecule has 0 radical (unpaired) electrons. The van der Waals surface area contributed by atoms with Crippen molar-refractivity contribution in [1.82, 2.24) is 9.78 Å². The van der Waals surface area contributed by atoms with Crippen LogP contribution < -0.4 is 10.5 Å². The van der Waals surface area contributed by atoms with Gasteiger partial charge in [-0.05, 0) is 41.5 Å². The summed E-state index contributed by atoms with van der Waals surface area (Å²) in [5.74, 6) is 0.542. The van der Waals surface area contributed by atoms with E-state index in [1.54, 1.807) is 30.2 Å². The van der Waals surface area contributed by atoms with Crippen LogP contribution in [-0.4, -0.2) is 22.4 Å². The number of benzene rings is 3. The molecule has 0 saturated carbocycles. The van der Waals surface area contributed by atoms with Gasteiger partial charge in [0.15, 0.2) is 5.54 Å². The summed E-state index contributed by atoms with van der Waals surface area (Å²) in [6.07, 6.45) is 3.38. The molecule has 0 fully saturated rings. The van der Waals surface area contributed by atoms with E-state index in [1.165, 1.54) is 6.07 Å². The first-order chi connectivity index (χ1) is 15.9. The minimum absolute atomic E-state index is 0.0780. The molecule has 2 aliphatic heterocycles. The zero-order chi connectivity index (χ0) is 22.7. The Hall–Kier alpha value is -3.84. The number of nitrogens with two attached hydrogens (primary N) is 1. The molecule has 0 aliphatic carbocycles. The van der Waals surface area contributed by atoms with Gasteiger partial charge in [0.2, 0.25) is 0 Å². The zero-order valence-corrected chi connectivity index (χ0v) is 18.3. The number of aromatic nitrogens is 2. The van der Waals surface area contributed by atoms with Gasteiger partial charge in [-0.3, -0.25) is 4.68 Å². The molecule has 2 aliphatic rings. The van der Waals surface area contributed by atoms with E-state index in [9.17, 15) is 0 Å². The van der Waals surface area contributed by atoms with Crippen LogP contribution in [0.3, 0.4) is 0 Å². The minimum atomic E-state index is -0.966. The molecule has 0 bridgehead atoms. The molecular formula is C25H18ClFN4O2. The van der Waals surface area contributed by atoms with Gasteiger partial charge in [0, 0.05) is 46.6 Å². The van der Waals surface area contributed by atoms with E-state index >= 15 is 4.39 Å². The van der Waals surface area contributed by atoms with Crippen molar-refractivity contribution in [1.29, 1.82) is 0 Å². The van der Waals surface area contributed by atoms with Crippen molar-refractivity contribution >= 4 is 17.6 Å². The smallest absolute Gasteiger partial charge is 0.283 e. The molecule has 1 spiro atoms. The van der Waals surface area contributed by atoms with Crippen molar-refractivity contribution in [2.24, 2.45) is 17.8 Å². The molecule has 0 unspecified atom stereocenters. The van der Waals surface area contributed by atoms with Gasteiger partial charge >= 0.3 is 0 Å². The lowest BCUT2D eigenvalue weighted by molar-refractivity contribution is 0.264. The van der Waals surface area contributed by atoms with Gasteiger partial charge < -0.3 is 15.2 Å². The van der Waals surface area contributed by atoms with Crippen molar-refractivity contribution in [3.8, 4) is 33.8 Å². The molecule has 33 heavy (non-hydrogen) atoms. The lowest BCUT2D eigenvalue weighted by atomic mass is 9.79. The Morgan fingerprint density at radius 1 is 1.03 bits per heavy atom. The summed E-state index contributed by atoms with van der Waals surface area (Å²) in [5, 5.41) is 4.81. The number of aliphatic imine (C=N–C) groups is 1. The van der Waals surface area contributed by atoms with Crippen LogP contribution in [0, 0.1) is 5.82 Å². The number of amidine groups is 1. The van der Waals surface area contributed by atoms with Crippen LogP contribution in [0.2, 0.25) is 5.02 Å². The summed E-state index contributed by atoms with van der Waals surface area (Å²) in [6.45, 7) is 0.180. The van der Waals surface area contributed by atoms with Gasteiger partial charge in [-0.15, -0.1) is 0 Å². The van der Waals surface area contributed by atoms with Crippen molar-refractivity contribution in [2.45, 2.75) is 5.54 Å². The third-order valence-electron chi connectivity index (χ3n) is 6.06. The van der Waals surface area contributed by atoms with Crippen molar-refractivity contribution in [3.05, 3.63) is 89.0 Å². The lowest BCUT2D eigenvalue weighted by Gasteiger charge is -2.34. The van der Waals surface area contributed by atoms with E-state index in [-0.39, 0.29) is 12.6 Å². The van der Waals surface area contributed by atoms with Crippen LogP contribution in [0.1, 0.15) is 11.1 Å². The fourth-order valence-electron chi connectivity index (χ4n) is 4.50.